The van der Waals surface area contributed by atoms with Gasteiger partial charge in [0.2, 0.25) is 0 Å². The molecule has 1 fully saturated rings. The van der Waals surface area contributed by atoms with Gasteiger partial charge in [0.05, 0.1) is 12.6 Å². The van der Waals surface area contributed by atoms with E-state index in [0.29, 0.717) is 19.7 Å². The molecule has 0 spiro atoms. The van der Waals surface area contributed by atoms with Crippen LogP contribution in [-0.2, 0) is 9.47 Å². The van der Waals surface area contributed by atoms with Gasteiger partial charge in [0.1, 0.15) is 5.60 Å². The summed E-state index contributed by atoms with van der Waals surface area (Å²) in [7, 11) is -1.19. The Bertz CT molecular complexity index is 401. The van der Waals surface area contributed by atoms with Crippen molar-refractivity contribution >= 4 is 20.3 Å². The summed E-state index contributed by atoms with van der Waals surface area (Å²) in [4.78, 5) is 25.3. The molecule has 0 radical (unpaired) electrons. The molecule has 22 heavy (non-hydrogen) atoms. The van der Waals surface area contributed by atoms with Crippen LogP contribution in [0.3, 0.4) is 0 Å². The van der Waals surface area contributed by atoms with Crippen molar-refractivity contribution in [1.82, 2.24) is 10.2 Å². The SMILES string of the molecule is CC(C)(C)OC(=O)N1CCC(NC(=O)OCC[Si](C)(C)C)C1. The summed E-state index contributed by atoms with van der Waals surface area (Å²) in [6.07, 6.45) is 0.000668. The first-order chi connectivity index (χ1) is 9.96. The molecule has 1 rings (SSSR count). The largest absolute Gasteiger partial charge is 0.450 e. The van der Waals surface area contributed by atoms with Crippen molar-refractivity contribution < 1.29 is 19.1 Å². The molecule has 0 aromatic rings. The topological polar surface area (TPSA) is 67.9 Å². The third-order valence-corrected chi connectivity index (χ3v) is 4.95. The van der Waals surface area contributed by atoms with Crippen molar-refractivity contribution in [3.05, 3.63) is 0 Å². The molecule has 6 nitrogen and oxygen atoms in total. The zero-order chi connectivity index (χ0) is 17.0. The van der Waals surface area contributed by atoms with E-state index in [1.807, 2.05) is 20.8 Å². The number of ether oxygens (including phenoxy) is 2. The van der Waals surface area contributed by atoms with Gasteiger partial charge in [-0.25, -0.2) is 9.59 Å². The van der Waals surface area contributed by atoms with Crippen LogP contribution in [0.5, 0.6) is 0 Å². The number of alkyl carbamates (subject to hydrolysis) is 1. The van der Waals surface area contributed by atoms with Crippen molar-refractivity contribution in [2.24, 2.45) is 0 Å². The number of rotatable bonds is 4. The van der Waals surface area contributed by atoms with E-state index in [9.17, 15) is 9.59 Å². The molecule has 1 atom stereocenters. The molecule has 2 amide bonds. The van der Waals surface area contributed by atoms with Crippen molar-refractivity contribution in [3.63, 3.8) is 0 Å². The molecule has 0 bridgehead atoms. The number of amides is 2. The van der Waals surface area contributed by atoms with Crippen LogP contribution in [0.25, 0.3) is 0 Å². The van der Waals surface area contributed by atoms with Crippen LogP contribution in [0.4, 0.5) is 9.59 Å². The predicted octanol–water partition coefficient (Wildman–Crippen LogP) is 3.06. The molecule has 1 aliphatic rings. The smallest absolute Gasteiger partial charge is 0.410 e. The number of nitrogens with zero attached hydrogens (tertiary/aromatic N) is 1. The van der Waals surface area contributed by atoms with Crippen molar-refractivity contribution in [1.29, 1.82) is 0 Å². The first kappa shape index (κ1) is 18.8. The van der Waals surface area contributed by atoms with E-state index in [1.165, 1.54) is 0 Å². The van der Waals surface area contributed by atoms with Gasteiger partial charge >= 0.3 is 12.2 Å². The lowest BCUT2D eigenvalue weighted by atomic mass is 10.2. The molecule has 7 heteroatoms. The van der Waals surface area contributed by atoms with E-state index in [-0.39, 0.29) is 12.1 Å². The number of hydrogen-bond acceptors (Lipinski definition) is 4. The zero-order valence-electron chi connectivity index (χ0n) is 14.7. The number of nitrogens with one attached hydrogen (secondary N) is 1. The molecule has 0 saturated carbocycles. The minimum atomic E-state index is -1.19. The molecular formula is C15H30N2O4Si. The maximum Gasteiger partial charge on any atom is 0.410 e. The van der Waals surface area contributed by atoms with E-state index in [1.54, 1.807) is 4.90 Å². The van der Waals surface area contributed by atoms with Gasteiger partial charge in [-0.3, -0.25) is 0 Å². The quantitative estimate of drug-likeness (QED) is 0.804. The average Bonchev–Trinajstić information content (AvgIpc) is 2.73. The van der Waals surface area contributed by atoms with Gasteiger partial charge in [-0.15, -0.1) is 0 Å². The first-order valence-corrected chi connectivity index (χ1v) is 11.6. The lowest BCUT2D eigenvalue weighted by Crippen LogP contribution is -2.40. The van der Waals surface area contributed by atoms with E-state index in [2.05, 4.69) is 25.0 Å². The Kier molecular flexibility index (Phi) is 6.28. The highest BCUT2D eigenvalue weighted by molar-refractivity contribution is 6.76. The first-order valence-electron chi connectivity index (χ1n) is 7.87. The fraction of sp³-hybridized carbons (Fsp3) is 0.867. The summed E-state index contributed by atoms with van der Waals surface area (Å²) in [6, 6.07) is 0.890. The molecule has 1 aliphatic heterocycles. The van der Waals surface area contributed by atoms with E-state index >= 15 is 0 Å². The second-order valence-electron chi connectivity index (χ2n) is 8.00. The second-order valence-corrected chi connectivity index (χ2v) is 13.6. The van der Waals surface area contributed by atoms with Gasteiger partial charge < -0.3 is 19.7 Å². The van der Waals surface area contributed by atoms with Crippen molar-refractivity contribution in [3.8, 4) is 0 Å². The fourth-order valence-corrected chi connectivity index (χ4v) is 2.74. The number of hydrogen-bond donors (Lipinski definition) is 1. The highest BCUT2D eigenvalue weighted by Gasteiger charge is 2.30. The Balaban J connectivity index is 2.29. The summed E-state index contributed by atoms with van der Waals surface area (Å²) in [5.74, 6) is 0. The minimum absolute atomic E-state index is 0.0631. The second kappa shape index (κ2) is 7.35. The standard InChI is InChI=1S/C15H30N2O4Si/c1-15(2,3)21-14(19)17-8-7-12(11-17)16-13(18)20-9-10-22(4,5)6/h12H,7-11H2,1-6H3,(H,16,18). The number of likely N-dealkylation sites (tertiary alicyclic amines) is 1. The maximum atomic E-state index is 11.9. The lowest BCUT2D eigenvalue weighted by molar-refractivity contribution is 0.0290. The van der Waals surface area contributed by atoms with Gasteiger partial charge in [0, 0.05) is 21.2 Å². The Morgan fingerprint density at radius 1 is 1.27 bits per heavy atom. The molecule has 0 aromatic heterocycles. The molecule has 0 aliphatic carbocycles. The molecular weight excluding hydrogens is 300 g/mol. The van der Waals surface area contributed by atoms with Crippen LogP contribution >= 0.6 is 0 Å². The summed E-state index contributed by atoms with van der Waals surface area (Å²) in [5.41, 5.74) is -0.502. The van der Waals surface area contributed by atoms with Crippen LogP contribution in [0, 0.1) is 0 Å². The van der Waals surface area contributed by atoms with Gasteiger partial charge in [-0.2, -0.15) is 0 Å². The monoisotopic (exact) mass is 330 g/mol. The van der Waals surface area contributed by atoms with E-state index in [0.717, 1.165) is 12.5 Å². The highest BCUT2D eigenvalue weighted by Crippen LogP contribution is 2.15. The Hall–Kier alpha value is -1.24. The van der Waals surface area contributed by atoms with E-state index < -0.39 is 19.8 Å². The fourth-order valence-electron chi connectivity index (χ4n) is 2.03. The molecule has 0 aromatic carbocycles. The van der Waals surface area contributed by atoms with Crippen LogP contribution in [-0.4, -0.2) is 56.5 Å². The Morgan fingerprint density at radius 2 is 1.91 bits per heavy atom. The van der Waals surface area contributed by atoms with Gasteiger partial charge in [0.25, 0.3) is 0 Å². The molecule has 128 valence electrons. The van der Waals surface area contributed by atoms with Crippen LogP contribution in [0.15, 0.2) is 0 Å². The number of carbonyl (C=O) groups excluding carboxylic acids is 2. The van der Waals surface area contributed by atoms with Crippen molar-refractivity contribution in [2.75, 3.05) is 19.7 Å². The summed E-state index contributed by atoms with van der Waals surface area (Å²) in [5, 5.41) is 2.82. The van der Waals surface area contributed by atoms with Gasteiger partial charge in [-0.05, 0) is 33.2 Å². The van der Waals surface area contributed by atoms with Crippen molar-refractivity contribution in [2.45, 2.75) is 64.5 Å². The normalized spacial score (nSPS) is 19.0. The van der Waals surface area contributed by atoms with Crippen LogP contribution in [0.1, 0.15) is 27.2 Å². The van der Waals surface area contributed by atoms with Crippen LogP contribution in [0.2, 0.25) is 25.7 Å². The molecule has 1 heterocycles. The third-order valence-electron chi connectivity index (χ3n) is 3.25. The lowest BCUT2D eigenvalue weighted by Gasteiger charge is -2.24. The summed E-state index contributed by atoms with van der Waals surface area (Å²) in [6.45, 7) is 13.8. The van der Waals surface area contributed by atoms with Gasteiger partial charge in [-0.1, -0.05) is 19.6 Å². The highest BCUT2D eigenvalue weighted by atomic mass is 28.3. The van der Waals surface area contributed by atoms with Crippen LogP contribution < -0.4 is 5.32 Å². The number of carbonyl (C=O) groups is 2. The van der Waals surface area contributed by atoms with E-state index in [4.69, 9.17) is 9.47 Å². The minimum Gasteiger partial charge on any atom is -0.450 e. The van der Waals surface area contributed by atoms with Gasteiger partial charge in [0.15, 0.2) is 0 Å². The Labute approximate surface area is 134 Å². The zero-order valence-corrected chi connectivity index (χ0v) is 15.7. The molecule has 1 N–H and O–H groups in total. The Morgan fingerprint density at radius 3 is 2.45 bits per heavy atom. The summed E-state index contributed by atoms with van der Waals surface area (Å²) >= 11 is 0. The molecule has 1 unspecified atom stereocenters. The predicted molar refractivity (Wildman–Crippen MR) is 88.8 cm³/mol. The third kappa shape index (κ3) is 7.68. The summed E-state index contributed by atoms with van der Waals surface area (Å²) < 4.78 is 10.5. The maximum absolute atomic E-state index is 11.9. The average molecular weight is 331 g/mol. The molecule has 1 saturated heterocycles.